The van der Waals surface area contributed by atoms with Crippen LogP contribution in [0.2, 0.25) is 5.15 Å². The number of rotatable bonds is 4. The maximum absolute atomic E-state index is 9.30. The van der Waals surface area contributed by atoms with Gasteiger partial charge in [0.1, 0.15) is 11.2 Å². The zero-order valence-electron chi connectivity index (χ0n) is 11.8. The van der Waals surface area contributed by atoms with E-state index in [1.807, 2.05) is 26.0 Å². The monoisotopic (exact) mass is 299 g/mol. The first-order chi connectivity index (χ1) is 10.2. The zero-order valence-corrected chi connectivity index (χ0v) is 12.5. The van der Waals surface area contributed by atoms with Crippen molar-refractivity contribution in [1.82, 2.24) is 9.97 Å². The van der Waals surface area contributed by atoms with E-state index < -0.39 is 0 Å². The van der Waals surface area contributed by atoms with Crippen LogP contribution in [-0.2, 0) is 0 Å². The first-order valence-electron chi connectivity index (χ1n) is 6.44. The largest absolute Gasteiger partial charge is 0.264 e. The molecule has 0 aromatic carbocycles. The Balaban J connectivity index is 2.39. The van der Waals surface area contributed by atoms with E-state index in [1.54, 1.807) is 29.7 Å². The summed E-state index contributed by atoms with van der Waals surface area (Å²) >= 11 is 5.99. The van der Waals surface area contributed by atoms with Gasteiger partial charge < -0.3 is 0 Å². The van der Waals surface area contributed by atoms with Crippen LogP contribution in [0.3, 0.4) is 0 Å². The molecule has 2 aromatic heterocycles. The highest BCUT2D eigenvalue weighted by atomic mass is 35.5. The van der Waals surface area contributed by atoms with Gasteiger partial charge in [0.25, 0.3) is 0 Å². The number of anilines is 1. The maximum atomic E-state index is 9.30. The van der Waals surface area contributed by atoms with Crippen LogP contribution in [0.5, 0.6) is 0 Å². The summed E-state index contributed by atoms with van der Waals surface area (Å²) in [5.74, 6) is 0.463. The molecule has 0 aliphatic carbocycles. The number of hydrazone groups is 1. The number of hydrogen-bond donors (Lipinski definition) is 0. The van der Waals surface area contributed by atoms with E-state index >= 15 is 0 Å². The third-order valence-corrected chi connectivity index (χ3v) is 3.05. The van der Waals surface area contributed by atoms with E-state index in [-0.39, 0.29) is 0 Å². The van der Waals surface area contributed by atoms with Gasteiger partial charge in [-0.3, -0.25) is 4.98 Å². The molecule has 0 atom stereocenters. The highest BCUT2D eigenvalue weighted by molar-refractivity contribution is 6.29. The van der Waals surface area contributed by atoms with Gasteiger partial charge in [-0.1, -0.05) is 17.7 Å². The Kier molecular flexibility index (Phi) is 4.85. The Hall–Kier alpha value is -2.45. The Bertz CT molecular complexity index is 691. The molecule has 0 aliphatic heterocycles. The molecule has 0 bridgehead atoms. The molecule has 0 aliphatic rings. The number of nitriles is 1. The van der Waals surface area contributed by atoms with Gasteiger partial charge in [0.2, 0.25) is 0 Å². The lowest BCUT2D eigenvalue weighted by Gasteiger charge is -2.18. The van der Waals surface area contributed by atoms with Crippen LogP contribution in [0.4, 0.5) is 5.82 Å². The SMILES string of the molecule is CCN(/N=C/c1cccnc1)c1nc(Cl)cc(C)c1C#N. The van der Waals surface area contributed by atoms with E-state index in [2.05, 4.69) is 21.1 Å². The summed E-state index contributed by atoms with van der Waals surface area (Å²) in [6.07, 6.45) is 5.08. The molecule has 0 N–H and O–H groups in total. The molecule has 2 rings (SSSR count). The van der Waals surface area contributed by atoms with Gasteiger partial charge in [0.05, 0.1) is 11.8 Å². The number of halogens is 1. The fraction of sp³-hybridized carbons (Fsp3) is 0.200. The maximum Gasteiger partial charge on any atom is 0.168 e. The number of hydrogen-bond acceptors (Lipinski definition) is 5. The van der Waals surface area contributed by atoms with E-state index in [0.29, 0.717) is 23.1 Å². The second kappa shape index (κ2) is 6.82. The normalized spacial score (nSPS) is 10.6. The topological polar surface area (TPSA) is 65.2 Å². The zero-order chi connectivity index (χ0) is 15.2. The van der Waals surface area contributed by atoms with E-state index in [1.165, 1.54) is 0 Å². The molecular weight excluding hydrogens is 286 g/mol. The predicted molar refractivity (Wildman–Crippen MR) is 83.6 cm³/mol. The van der Waals surface area contributed by atoms with Crippen molar-refractivity contribution in [3.05, 3.63) is 52.4 Å². The predicted octanol–water partition coefficient (Wildman–Crippen LogP) is 3.17. The molecule has 0 fully saturated rings. The van der Waals surface area contributed by atoms with Gasteiger partial charge >= 0.3 is 0 Å². The third kappa shape index (κ3) is 3.56. The van der Waals surface area contributed by atoms with Crippen molar-refractivity contribution in [2.24, 2.45) is 5.10 Å². The van der Waals surface area contributed by atoms with Gasteiger partial charge in [-0.2, -0.15) is 10.4 Å². The number of nitrogens with zero attached hydrogens (tertiary/aromatic N) is 5. The highest BCUT2D eigenvalue weighted by Gasteiger charge is 2.14. The van der Waals surface area contributed by atoms with Crippen molar-refractivity contribution in [3.8, 4) is 6.07 Å². The summed E-state index contributed by atoms with van der Waals surface area (Å²) in [4.78, 5) is 8.25. The van der Waals surface area contributed by atoms with Crippen molar-refractivity contribution < 1.29 is 0 Å². The minimum absolute atomic E-state index is 0.344. The van der Waals surface area contributed by atoms with Crippen LogP contribution >= 0.6 is 11.6 Å². The molecule has 0 saturated heterocycles. The molecule has 0 saturated carbocycles. The first-order valence-corrected chi connectivity index (χ1v) is 6.82. The van der Waals surface area contributed by atoms with Crippen molar-refractivity contribution in [3.63, 3.8) is 0 Å². The fourth-order valence-electron chi connectivity index (χ4n) is 1.82. The van der Waals surface area contributed by atoms with Gasteiger partial charge in [-0.25, -0.2) is 9.99 Å². The Morgan fingerprint density at radius 3 is 2.95 bits per heavy atom. The van der Waals surface area contributed by atoms with Crippen LogP contribution in [-0.4, -0.2) is 22.7 Å². The lowest BCUT2D eigenvalue weighted by atomic mass is 10.1. The standard InChI is InChI=1S/C15H14ClN5/c1-3-21(19-10-12-5-4-6-18-9-12)15-13(8-17)11(2)7-14(16)20-15/h4-7,9-10H,3H2,1-2H3/b19-10+. The van der Waals surface area contributed by atoms with Crippen LogP contribution in [0.25, 0.3) is 0 Å². The number of pyridine rings is 2. The first kappa shape index (κ1) is 14.9. The molecular formula is C15H14ClN5. The van der Waals surface area contributed by atoms with E-state index in [4.69, 9.17) is 11.6 Å². The molecule has 0 unspecified atom stereocenters. The third-order valence-electron chi connectivity index (χ3n) is 2.85. The summed E-state index contributed by atoms with van der Waals surface area (Å²) in [5.41, 5.74) is 2.13. The van der Waals surface area contributed by atoms with Crippen molar-refractivity contribution in [2.45, 2.75) is 13.8 Å². The number of aryl methyl sites for hydroxylation is 1. The Labute approximate surface area is 128 Å². The summed E-state index contributed by atoms with van der Waals surface area (Å²) in [6, 6.07) is 7.55. The van der Waals surface area contributed by atoms with Crippen LogP contribution in [0, 0.1) is 18.3 Å². The summed E-state index contributed by atoms with van der Waals surface area (Å²) < 4.78 is 0. The minimum atomic E-state index is 0.344. The molecule has 5 nitrogen and oxygen atoms in total. The molecule has 6 heteroatoms. The van der Waals surface area contributed by atoms with Crippen LogP contribution in [0.1, 0.15) is 23.6 Å². The smallest absolute Gasteiger partial charge is 0.168 e. The summed E-state index contributed by atoms with van der Waals surface area (Å²) in [6.45, 7) is 4.33. The molecule has 0 radical (unpaired) electrons. The molecule has 106 valence electrons. The summed E-state index contributed by atoms with van der Waals surface area (Å²) in [7, 11) is 0. The van der Waals surface area contributed by atoms with Gasteiger partial charge in [0.15, 0.2) is 5.82 Å². The second-order valence-corrected chi connectivity index (χ2v) is 4.71. The van der Waals surface area contributed by atoms with Crippen LogP contribution in [0.15, 0.2) is 35.7 Å². The Morgan fingerprint density at radius 2 is 2.33 bits per heavy atom. The lowest BCUT2D eigenvalue weighted by Crippen LogP contribution is -2.19. The lowest BCUT2D eigenvalue weighted by molar-refractivity contribution is 0.869. The molecule has 0 amide bonds. The summed E-state index contributed by atoms with van der Waals surface area (Å²) in [5, 5.41) is 15.7. The molecule has 0 spiro atoms. The molecule has 2 aromatic rings. The number of aromatic nitrogens is 2. The molecule has 2 heterocycles. The average molecular weight is 300 g/mol. The van der Waals surface area contributed by atoms with Gasteiger partial charge in [-0.15, -0.1) is 0 Å². The quantitative estimate of drug-likeness (QED) is 0.494. The van der Waals surface area contributed by atoms with Gasteiger partial charge in [-0.05, 0) is 31.5 Å². The van der Waals surface area contributed by atoms with Crippen molar-refractivity contribution >= 4 is 23.6 Å². The van der Waals surface area contributed by atoms with E-state index in [0.717, 1.165) is 11.1 Å². The van der Waals surface area contributed by atoms with Crippen molar-refractivity contribution in [2.75, 3.05) is 11.6 Å². The Morgan fingerprint density at radius 1 is 1.52 bits per heavy atom. The minimum Gasteiger partial charge on any atom is -0.264 e. The van der Waals surface area contributed by atoms with Gasteiger partial charge in [0, 0.05) is 24.5 Å². The fourth-order valence-corrected chi connectivity index (χ4v) is 2.06. The highest BCUT2D eigenvalue weighted by Crippen LogP contribution is 2.24. The molecule has 21 heavy (non-hydrogen) atoms. The second-order valence-electron chi connectivity index (χ2n) is 4.32. The van der Waals surface area contributed by atoms with Crippen LogP contribution < -0.4 is 5.01 Å². The average Bonchev–Trinajstić information content (AvgIpc) is 2.48. The van der Waals surface area contributed by atoms with E-state index in [9.17, 15) is 5.26 Å². The van der Waals surface area contributed by atoms with Crippen molar-refractivity contribution in [1.29, 1.82) is 5.26 Å².